The molecule has 0 saturated heterocycles. The fourth-order valence-corrected chi connectivity index (χ4v) is 2.34. The molecule has 2 N–H and O–H groups in total. The van der Waals surface area contributed by atoms with E-state index in [0.717, 1.165) is 10.3 Å². The predicted molar refractivity (Wildman–Crippen MR) is 64.5 cm³/mol. The average Bonchev–Trinajstić information content (AvgIpc) is 2.42. The minimum Gasteiger partial charge on any atom is -0.307 e. The van der Waals surface area contributed by atoms with E-state index in [0.29, 0.717) is 5.71 Å². The van der Waals surface area contributed by atoms with Gasteiger partial charge in [-0.25, -0.2) is 0 Å². The molecule has 92 valence electrons. The van der Waals surface area contributed by atoms with E-state index in [1.54, 1.807) is 6.92 Å². The molecule has 1 atom stereocenters. The van der Waals surface area contributed by atoms with Crippen LogP contribution in [0.25, 0.3) is 0 Å². The minimum absolute atomic E-state index is 0.443. The minimum atomic E-state index is -0.608. The second-order valence-electron chi connectivity index (χ2n) is 5.09. The number of hydroxylamine groups is 3. The molecule has 1 aromatic carbocycles. The maximum atomic E-state index is 10.1. The van der Waals surface area contributed by atoms with Gasteiger partial charge in [-0.15, -0.1) is 5.06 Å². The maximum absolute atomic E-state index is 10.1. The summed E-state index contributed by atoms with van der Waals surface area (Å²) < 4.78 is 1.13. The van der Waals surface area contributed by atoms with Crippen molar-refractivity contribution in [3.63, 3.8) is 0 Å². The van der Waals surface area contributed by atoms with Gasteiger partial charge in [0, 0.05) is 12.5 Å². The van der Waals surface area contributed by atoms with Gasteiger partial charge in [0.1, 0.15) is 5.54 Å². The quantitative estimate of drug-likeness (QED) is 0.578. The normalized spacial score (nSPS) is 24.4. The Bertz CT molecular complexity index is 463. The van der Waals surface area contributed by atoms with Crippen molar-refractivity contribution in [2.24, 2.45) is 0 Å². The Labute approximate surface area is 101 Å². The number of rotatable bonds is 1. The van der Waals surface area contributed by atoms with E-state index >= 15 is 0 Å². The summed E-state index contributed by atoms with van der Waals surface area (Å²) in [6.45, 7) is 7.54. The van der Waals surface area contributed by atoms with Gasteiger partial charge in [-0.1, -0.05) is 17.7 Å². The molecular weight excluding hydrogens is 216 g/mol. The van der Waals surface area contributed by atoms with Crippen molar-refractivity contribution >= 4 is 5.71 Å². The van der Waals surface area contributed by atoms with E-state index in [4.69, 9.17) is 0 Å². The van der Waals surface area contributed by atoms with Gasteiger partial charge in [-0.2, -0.15) is 0 Å². The Morgan fingerprint density at radius 1 is 1.24 bits per heavy atom. The highest BCUT2D eigenvalue weighted by atomic mass is 16.5. The van der Waals surface area contributed by atoms with Crippen molar-refractivity contribution in [3.05, 3.63) is 35.4 Å². The van der Waals surface area contributed by atoms with Crippen LogP contribution in [-0.4, -0.2) is 37.6 Å². The topological polar surface area (TPSA) is 46.7 Å². The van der Waals surface area contributed by atoms with E-state index in [-0.39, 0.29) is 0 Å². The largest absolute Gasteiger partial charge is 0.307 e. The molecule has 1 aromatic rings. The third-order valence-corrected chi connectivity index (χ3v) is 3.41. The third kappa shape index (κ3) is 1.73. The molecule has 1 unspecified atom stereocenters. The lowest BCUT2D eigenvalue weighted by Crippen LogP contribution is -2.45. The fraction of sp³-hybridized carbons (Fsp3) is 0.462. The molecule has 1 aliphatic heterocycles. The van der Waals surface area contributed by atoms with Gasteiger partial charge >= 0.3 is 0 Å². The molecule has 0 bridgehead atoms. The van der Waals surface area contributed by atoms with Gasteiger partial charge < -0.3 is 5.21 Å². The van der Waals surface area contributed by atoms with Gasteiger partial charge in [0.2, 0.25) is 0 Å². The van der Waals surface area contributed by atoms with E-state index in [1.165, 1.54) is 10.6 Å². The third-order valence-electron chi connectivity index (χ3n) is 3.41. The number of hydrogen-bond donors (Lipinski definition) is 2. The lowest BCUT2D eigenvalue weighted by molar-refractivity contribution is -0.807. The van der Waals surface area contributed by atoms with Crippen molar-refractivity contribution in [3.8, 4) is 0 Å². The van der Waals surface area contributed by atoms with Crippen LogP contribution in [0.5, 0.6) is 0 Å². The Hall–Kier alpha value is -1.39. The molecule has 1 aliphatic rings. The van der Waals surface area contributed by atoms with Crippen LogP contribution in [0.15, 0.2) is 24.3 Å². The lowest BCUT2D eigenvalue weighted by Gasteiger charge is -2.23. The SMILES string of the molecule is Cc1ccc(C2=[N+](O)C(C)N(O)C2(C)C)cc1. The molecule has 0 fully saturated rings. The Morgan fingerprint density at radius 2 is 1.76 bits per heavy atom. The van der Waals surface area contributed by atoms with Crippen molar-refractivity contribution < 1.29 is 15.2 Å². The summed E-state index contributed by atoms with van der Waals surface area (Å²) in [5.41, 5.74) is 2.20. The smallest absolute Gasteiger partial charge is 0.276 e. The highest BCUT2D eigenvalue weighted by molar-refractivity contribution is 6.03. The van der Waals surface area contributed by atoms with Crippen LogP contribution in [0.4, 0.5) is 0 Å². The standard InChI is InChI=1S/C13H19N2O2/c1-9-5-7-11(8-6-9)12-13(3,4)15(17)10(2)14(12)16/h5-8,10,16-17H,1-4H3/q+1. The Morgan fingerprint density at radius 3 is 2.18 bits per heavy atom. The van der Waals surface area contributed by atoms with Crippen LogP contribution in [-0.2, 0) is 0 Å². The van der Waals surface area contributed by atoms with Crippen molar-refractivity contribution in [1.29, 1.82) is 0 Å². The van der Waals surface area contributed by atoms with Crippen molar-refractivity contribution in [2.75, 3.05) is 0 Å². The number of benzene rings is 1. The fourth-order valence-electron chi connectivity index (χ4n) is 2.34. The van der Waals surface area contributed by atoms with E-state index in [9.17, 15) is 10.4 Å². The molecule has 0 aromatic heterocycles. The monoisotopic (exact) mass is 235 g/mol. The molecule has 2 rings (SSSR count). The summed E-state index contributed by atoms with van der Waals surface area (Å²) >= 11 is 0. The second-order valence-corrected chi connectivity index (χ2v) is 5.09. The Balaban J connectivity index is 2.53. The number of aryl methyl sites for hydroxylation is 1. The first-order valence-corrected chi connectivity index (χ1v) is 5.76. The van der Waals surface area contributed by atoms with Gasteiger partial charge in [0.05, 0.1) is 0 Å². The van der Waals surface area contributed by atoms with Crippen molar-refractivity contribution in [2.45, 2.75) is 39.4 Å². The molecule has 1 heterocycles. The molecule has 17 heavy (non-hydrogen) atoms. The van der Waals surface area contributed by atoms with Gasteiger partial charge in [0.25, 0.3) is 11.9 Å². The van der Waals surface area contributed by atoms with Gasteiger partial charge in [-0.05, 0) is 37.6 Å². The van der Waals surface area contributed by atoms with Crippen LogP contribution in [0.3, 0.4) is 0 Å². The number of nitrogens with zero attached hydrogens (tertiary/aromatic N) is 2. The summed E-state index contributed by atoms with van der Waals surface area (Å²) in [4.78, 5) is 0. The summed E-state index contributed by atoms with van der Waals surface area (Å²) in [5, 5.41) is 21.2. The lowest BCUT2D eigenvalue weighted by atomic mass is 9.92. The van der Waals surface area contributed by atoms with Crippen LogP contribution in [0.1, 0.15) is 31.9 Å². The predicted octanol–water partition coefficient (Wildman–Crippen LogP) is 2.02. The summed E-state index contributed by atoms with van der Waals surface area (Å²) in [6, 6.07) is 7.91. The first-order chi connectivity index (χ1) is 7.85. The average molecular weight is 235 g/mol. The second kappa shape index (κ2) is 3.82. The zero-order valence-electron chi connectivity index (χ0n) is 10.7. The molecule has 0 spiro atoms. The molecule has 0 radical (unpaired) electrons. The summed E-state index contributed by atoms with van der Waals surface area (Å²) in [6.07, 6.45) is -0.443. The molecular formula is C13H19N2O2+. The van der Waals surface area contributed by atoms with E-state index in [2.05, 4.69) is 0 Å². The molecule has 0 amide bonds. The zero-order valence-corrected chi connectivity index (χ0v) is 10.7. The molecule has 0 aliphatic carbocycles. The van der Waals surface area contributed by atoms with Crippen LogP contribution >= 0.6 is 0 Å². The number of hydrogen-bond acceptors (Lipinski definition) is 3. The first kappa shape index (κ1) is 12.1. The Kier molecular flexibility index (Phi) is 2.72. The highest BCUT2D eigenvalue weighted by Crippen LogP contribution is 2.28. The van der Waals surface area contributed by atoms with E-state index < -0.39 is 11.7 Å². The highest BCUT2D eigenvalue weighted by Gasteiger charge is 2.53. The van der Waals surface area contributed by atoms with Crippen LogP contribution in [0.2, 0.25) is 0 Å². The maximum Gasteiger partial charge on any atom is 0.276 e. The zero-order chi connectivity index (χ0) is 12.8. The van der Waals surface area contributed by atoms with Gasteiger partial charge in [0.15, 0.2) is 0 Å². The molecule has 4 heteroatoms. The van der Waals surface area contributed by atoms with Gasteiger partial charge in [-0.3, -0.25) is 5.21 Å². The van der Waals surface area contributed by atoms with Crippen LogP contribution in [0, 0.1) is 6.92 Å². The van der Waals surface area contributed by atoms with Crippen molar-refractivity contribution in [1.82, 2.24) is 5.06 Å². The summed E-state index contributed by atoms with van der Waals surface area (Å²) in [5.74, 6) is 0. The first-order valence-electron chi connectivity index (χ1n) is 5.76. The van der Waals surface area contributed by atoms with Crippen LogP contribution < -0.4 is 0 Å². The van der Waals surface area contributed by atoms with E-state index in [1.807, 2.05) is 45.0 Å². The summed E-state index contributed by atoms with van der Waals surface area (Å²) in [7, 11) is 0. The molecule has 0 saturated carbocycles. The molecule has 4 nitrogen and oxygen atoms in total.